The fourth-order valence-electron chi connectivity index (χ4n) is 2.06. The van der Waals surface area contributed by atoms with E-state index in [4.69, 9.17) is 0 Å². The summed E-state index contributed by atoms with van der Waals surface area (Å²) in [5.41, 5.74) is 2.80. The van der Waals surface area contributed by atoms with E-state index >= 15 is 0 Å². The Morgan fingerprint density at radius 1 is 1.05 bits per heavy atom. The van der Waals surface area contributed by atoms with Gasteiger partial charge in [0, 0.05) is 17.3 Å². The van der Waals surface area contributed by atoms with Crippen molar-refractivity contribution in [2.45, 2.75) is 0 Å². The molecule has 1 aromatic heterocycles. The van der Waals surface area contributed by atoms with Crippen molar-refractivity contribution in [3.8, 4) is 16.8 Å². The van der Waals surface area contributed by atoms with E-state index in [9.17, 15) is 9.18 Å². The van der Waals surface area contributed by atoms with Crippen molar-refractivity contribution >= 4 is 6.29 Å². The van der Waals surface area contributed by atoms with Crippen molar-refractivity contribution in [3.05, 3.63) is 72.3 Å². The van der Waals surface area contributed by atoms with Crippen molar-refractivity contribution < 1.29 is 9.18 Å². The largest absolute Gasteiger partial charge is 0.298 e. The van der Waals surface area contributed by atoms with Gasteiger partial charge in [-0.25, -0.2) is 9.07 Å². The van der Waals surface area contributed by atoms with Gasteiger partial charge in [0.2, 0.25) is 0 Å². The zero-order valence-electron chi connectivity index (χ0n) is 10.5. The number of carbonyl (C=O) groups excluding carboxylic acids is 1. The van der Waals surface area contributed by atoms with Crippen LogP contribution in [-0.2, 0) is 0 Å². The van der Waals surface area contributed by atoms with Gasteiger partial charge in [-0.2, -0.15) is 5.10 Å². The zero-order valence-corrected chi connectivity index (χ0v) is 10.5. The molecule has 0 unspecified atom stereocenters. The number of rotatable bonds is 3. The minimum atomic E-state index is -0.439. The molecule has 0 saturated heterocycles. The fraction of sp³-hybridized carbons (Fsp3) is 0. The summed E-state index contributed by atoms with van der Waals surface area (Å²) in [7, 11) is 0. The lowest BCUT2D eigenvalue weighted by atomic mass is 10.1. The quantitative estimate of drug-likeness (QED) is 0.680. The summed E-state index contributed by atoms with van der Waals surface area (Å²) in [4.78, 5) is 11.0. The molecular formula is C16H11FN2O. The van der Waals surface area contributed by atoms with Gasteiger partial charge < -0.3 is 0 Å². The molecule has 0 amide bonds. The molecule has 20 heavy (non-hydrogen) atoms. The molecule has 98 valence electrons. The van der Waals surface area contributed by atoms with Crippen LogP contribution in [-0.4, -0.2) is 16.1 Å². The normalized spacial score (nSPS) is 10.4. The molecule has 0 atom stereocenters. The highest BCUT2D eigenvalue weighted by Gasteiger charge is 2.08. The predicted octanol–water partition coefficient (Wildman–Crippen LogP) is 3.49. The number of benzene rings is 2. The molecule has 0 aliphatic rings. The van der Waals surface area contributed by atoms with Gasteiger partial charge in [0.1, 0.15) is 5.82 Å². The molecule has 3 aromatic rings. The number of nitrogens with zero attached hydrogens (tertiary/aromatic N) is 2. The smallest absolute Gasteiger partial charge is 0.152 e. The number of carbonyl (C=O) groups is 1. The monoisotopic (exact) mass is 266 g/mol. The molecule has 0 radical (unpaired) electrons. The van der Waals surface area contributed by atoms with Crippen LogP contribution >= 0.6 is 0 Å². The SMILES string of the molecule is O=Cc1cc(F)ccc1-n1cc(-c2ccccc2)cn1. The van der Waals surface area contributed by atoms with E-state index in [1.807, 2.05) is 36.5 Å². The highest BCUT2D eigenvalue weighted by molar-refractivity contribution is 5.81. The summed E-state index contributed by atoms with van der Waals surface area (Å²) >= 11 is 0. The fourth-order valence-corrected chi connectivity index (χ4v) is 2.06. The third kappa shape index (κ3) is 2.23. The number of hydrogen-bond donors (Lipinski definition) is 0. The van der Waals surface area contributed by atoms with Crippen molar-refractivity contribution in [1.29, 1.82) is 0 Å². The molecule has 1 heterocycles. The van der Waals surface area contributed by atoms with Gasteiger partial charge in [0.25, 0.3) is 0 Å². The highest BCUT2D eigenvalue weighted by atomic mass is 19.1. The number of aldehydes is 1. The zero-order chi connectivity index (χ0) is 13.9. The van der Waals surface area contributed by atoms with E-state index in [1.54, 1.807) is 16.9 Å². The Morgan fingerprint density at radius 2 is 1.85 bits per heavy atom. The Balaban J connectivity index is 2.05. The summed E-state index contributed by atoms with van der Waals surface area (Å²) in [6.45, 7) is 0. The van der Waals surface area contributed by atoms with Gasteiger partial charge in [0.05, 0.1) is 11.9 Å². The van der Waals surface area contributed by atoms with Crippen LogP contribution in [0, 0.1) is 5.82 Å². The van der Waals surface area contributed by atoms with Crippen LogP contribution in [0.25, 0.3) is 16.8 Å². The van der Waals surface area contributed by atoms with Crippen LogP contribution in [0.3, 0.4) is 0 Å². The molecule has 2 aromatic carbocycles. The maximum Gasteiger partial charge on any atom is 0.152 e. The molecule has 0 N–H and O–H groups in total. The molecular weight excluding hydrogens is 255 g/mol. The highest BCUT2D eigenvalue weighted by Crippen LogP contribution is 2.21. The number of hydrogen-bond acceptors (Lipinski definition) is 2. The third-order valence-corrected chi connectivity index (χ3v) is 3.05. The van der Waals surface area contributed by atoms with Crippen LogP contribution in [0.5, 0.6) is 0 Å². The van der Waals surface area contributed by atoms with E-state index in [2.05, 4.69) is 5.10 Å². The number of aromatic nitrogens is 2. The Bertz CT molecular complexity index is 750. The van der Waals surface area contributed by atoms with Crippen LogP contribution < -0.4 is 0 Å². The molecule has 3 nitrogen and oxygen atoms in total. The van der Waals surface area contributed by atoms with Crippen LogP contribution in [0.15, 0.2) is 60.9 Å². The van der Waals surface area contributed by atoms with Crippen molar-refractivity contribution in [2.24, 2.45) is 0 Å². The van der Waals surface area contributed by atoms with Gasteiger partial charge in [0.15, 0.2) is 6.29 Å². The van der Waals surface area contributed by atoms with Crippen LogP contribution in [0.4, 0.5) is 4.39 Å². The van der Waals surface area contributed by atoms with Gasteiger partial charge in [-0.1, -0.05) is 30.3 Å². The first-order chi connectivity index (χ1) is 9.78. The van der Waals surface area contributed by atoms with Gasteiger partial charge in [-0.05, 0) is 23.8 Å². The standard InChI is InChI=1S/C16H11FN2O/c17-15-6-7-16(13(8-15)11-20)19-10-14(9-18-19)12-4-2-1-3-5-12/h1-11H. The maximum atomic E-state index is 13.1. The first kappa shape index (κ1) is 12.3. The second-order valence-electron chi connectivity index (χ2n) is 4.36. The minimum Gasteiger partial charge on any atom is -0.298 e. The molecule has 0 fully saturated rings. The van der Waals surface area contributed by atoms with Crippen LogP contribution in [0.1, 0.15) is 10.4 Å². The van der Waals surface area contributed by atoms with E-state index in [-0.39, 0.29) is 5.56 Å². The topological polar surface area (TPSA) is 34.9 Å². The molecule has 0 aliphatic heterocycles. The lowest BCUT2D eigenvalue weighted by Crippen LogP contribution is -1.99. The first-order valence-corrected chi connectivity index (χ1v) is 6.13. The second kappa shape index (κ2) is 5.09. The van der Waals surface area contributed by atoms with Crippen molar-refractivity contribution in [2.75, 3.05) is 0 Å². The van der Waals surface area contributed by atoms with Crippen molar-refractivity contribution in [3.63, 3.8) is 0 Å². The summed E-state index contributed by atoms with van der Waals surface area (Å²) < 4.78 is 14.7. The van der Waals surface area contributed by atoms with E-state index in [0.29, 0.717) is 12.0 Å². The molecule has 0 aliphatic carbocycles. The molecule has 3 rings (SSSR count). The third-order valence-electron chi connectivity index (χ3n) is 3.05. The van der Waals surface area contributed by atoms with E-state index in [1.165, 1.54) is 12.1 Å². The Hall–Kier alpha value is -2.75. The summed E-state index contributed by atoms with van der Waals surface area (Å²) in [5.74, 6) is -0.439. The molecule has 0 spiro atoms. The van der Waals surface area contributed by atoms with E-state index < -0.39 is 5.82 Å². The van der Waals surface area contributed by atoms with Gasteiger partial charge in [-0.15, -0.1) is 0 Å². The van der Waals surface area contributed by atoms with Gasteiger partial charge in [-0.3, -0.25) is 4.79 Å². The molecule has 4 heteroatoms. The molecule has 0 bridgehead atoms. The summed E-state index contributed by atoms with van der Waals surface area (Å²) in [6.07, 6.45) is 4.16. The second-order valence-corrected chi connectivity index (χ2v) is 4.36. The summed E-state index contributed by atoms with van der Waals surface area (Å²) in [5, 5.41) is 4.24. The Morgan fingerprint density at radius 3 is 2.60 bits per heavy atom. The first-order valence-electron chi connectivity index (χ1n) is 6.13. The minimum absolute atomic E-state index is 0.271. The average Bonchev–Trinajstić information content (AvgIpc) is 2.97. The van der Waals surface area contributed by atoms with Crippen molar-refractivity contribution in [1.82, 2.24) is 9.78 Å². The average molecular weight is 266 g/mol. The maximum absolute atomic E-state index is 13.1. The van der Waals surface area contributed by atoms with Crippen LogP contribution in [0.2, 0.25) is 0 Å². The van der Waals surface area contributed by atoms with E-state index in [0.717, 1.165) is 11.1 Å². The number of halogens is 1. The summed E-state index contributed by atoms with van der Waals surface area (Å²) in [6, 6.07) is 13.8. The Labute approximate surface area is 115 Å². The van der Waals surface area contributed by atoms with Gasteiger partial charge >= 0.3 is 0 Å². The lowest BCUT2D eigenvalue weighted by Gasteiger charge is -2.04. The molecule has 0 saturated carbocycles. The lowest BCUT2D eigenvalue weighted by molar-refractivity contribution is 0.112. The predicted molar refractivity (Wildman–Crippen MR) is 74.3 cm³/mol. The Kier molecular flexibility index (Phi) is 3.13.